The third-order valence-electron chi connectivity index (χ3n) is 2.77. The molecule has 0 aromatic heterocycles. The fraction of sp³-hybridized carbons (Fsp3) is 0.188. The Hall–Kier alpha value is -2.47. The van der Waals surface area contributed by atoms with E-state index in [-0.39, 0.29) is 0 Å². The highest BCUT2D eigenvalue weighted by molar-refractivity contribution is 5.30. The van der Waals surface area contributed by atoms with Crippen LogP contribution in [0.15, 0.2) is 48.5 Å². The van der Waals surface area contributed by atoms with Crippen LogP contribution in [0.25, 0.3) is 0 Å². The second kappa shape index (κ2) is 6.46. The average Bonchev–Trinajstić information content (AvgIpc) is 2.47. The first kappa shape index (κ1) is 13.0. The second-order valence-electron chi connectivity index (χ2n) is 4.12. The summed E-state index contributed by atoms with van der Waals surface area (Å²) in [5, 5.41) is 8.59. The van der Waals surface area contributed by atoms with Gasteiger partial charge in [0.05, 0.1) is 19.6 Å². The van der Waals surface area contributed by atoms with Gasteiger partial charge in [-0.05, 0) is 35.4 Å². The van der Waals surface area contributed by atoms with Crippen molar-refractivity contribution in [2.24, 2.45) is 0 Å². The van der Waals surface area contributed by atoms with Crippen molar-refractivity contribution in [3.63, 3.8) is 0 Å². The molecule has 2 aromatic rings. The molecule has 0 aliphatic carbocycles. The van der Waals surface area contributed by atoms with Crippen LogP contribution < -0.4 is 9.47 Å². The summed E-state index contributed by atoms with van der Waals surface area (Å²) in [6.07, 6.45) is 0.429. The second-order valence-corrected chi connectivity index (χ2v) is 4.12. The summed E-state index contributed by atoms with van der Waals surface area (Å²) >= 11 is 0. The molecule has 96 valence electrons. The lowest BCUT2D eigenvalue weighted by Gasteiger charge is -2.07. The number of ether oxygens (including phenoxy) is 2. The van der Waals surface area contributed by atoms with Gasteiger partial charge in [-0.2, -0.15) is 5.26 Å². The third-order valence-corrected chi connectivity index (χ3v) is 2.77. The fourth-order valence-corrected chi connectivity index (χ4v) is 1.68. The summed E-state index contributed by atoms with van der Waals surface area (Å²) < 4.78 is 10.8. The summed E-state index contributed by atoms with van der Waals surface area (Å²) in [7, 11) is 1.65. The van der Waals surface area contributed by atoms with E-state index in [2.05, 4.69) is 6.07 Å². The molecular weight excluding hydrogens is 238 g/mol. The van der Waals surface area contributed by atoms with E-state index in [1.165, 1.54) is 0 Å². The zero-order valence-corrected chi connectivity index (χ0v) is 10.8. The van der Waals surface area contributed by atoms with Crippen molar-refractivity contribution >= 4 is 0 Å². The van der Waals surface area contributed by atoms with E-state index in [1.54, 1.807) is 7.11 Å². The lowest BCUT2D eigenvalue weighted by atomic mass is 10.2. The first-order valence-corrected chi connectivity index (χ1v) is 6.03. The average molecular weight is 253 g/mol. The Bertz CT molecular complexity index is 553. The predicted molar refractivity (Wildman–Crippen MR) is 73.1 cm³/mol. The van der Waals surface area contributed by atoms with E-state index in [0.29, 0.717) is 13.0 Å². The van der Waals surface area contributed by atoms with E-state index in [9.17, 15) is 0 Å². The monoisotopic (exact) mass is 253 g/mol. The number of hydrogen-bond acceptors (Lipinski definition) is 3. The summed E-state index contributed by atoms with van der Waals surface area (Å²) in [5.41, 5.74) is 2.08. The number of rotatable bonds is 5. The summed E-state index contributed by atoms with van der Waals surface area (Å²) in [4.78, 5) is 0. The molecule has 3 nitrogen and oxygen atoms in total. The topological polar surface area (TPSA) is 42.2 Å². The van der Waals surface area contributed by atoms with Crippen molar-refractivity contribution in [1.82, 2.24) is 0 Å². The van der Waals surface area contributed by atoms with Crippen LogP contribution in [0.3, 0.4) is 0 Å². The van der Waals surface area contributed by atoms with Crippen LogP contribution in [-0.4, -0.2) is 7.11 Å². The van der Waals surface area contributed by atoms with Crippen molar-refractivity contribution < 1.29 is 9.47 Å². The minimum absolute atomic E-state index is 0.429. The fourth-order valence-electron chi connectivity index (χ4n) is 1.68. The first-order valence-electron chi connectivity index (χ1n) is 6.03. The van der Waals surface area contributed by atoms with Gasteiger partial charge in [-0.25, -0.2) is 0 Å². The van der Waals surface area contributed by atoms with Crippen LogP contribution in [-0.2, 0) is 13.0 Å². The van der Waals surface area contributed by atoms with Gasteiger partial charge in [0.25, 0.3) is 0 Å². The van der Waals surface area contributed by atoms with Gasteiger partial charge in [-0.3, -0.25) is 0 Å². The van der Waals surface area contributed by atoms with Crippen LogP contribution in [0.1, 0.15) is 11.1 Å². The van der Waals surface area contributed by atoms with Crippen LogP contribution in [0, 0.1) is 11.3 Å². The normalized spacial score (nSPS) is 9.68. The van der Waals surface area contributed by atoms with Crippen molar-refractivity contribution in [2.45, 2.75) is 13.0 Å². The van der Waals surface area contributed by atoms with Gasteiger partial charge in [0.15, 0.2) is 0 Å². The van der Waals surface area contributed by atoms with E-state index >= 15 is 0 Å². The molecule has 0 saturated carbocycles. The summed E-state index contributed by atoms with van der Waals surface area (Å²) in [5.74, 6) is 1.64. The lowest BCUT2D eigenvalue weighted by Crippen LogP contribution is -1.95. The molecule has 19 heavy (non-hydrogen) atoms. The SMILES string of the molecule is COc1ccc(COc2ccc(CC#N)cc2)cc1. The van der Waals surface area contributed by atoms with E-state index in [4.69, 9.17) is 14.7 Å². The van der Waals surface area contributed by atoms with Gasteiger partial charge in [-0.1, -0.05) is 24.3 Å². The molecule has 0 spiro atoms. The Morgan fingerprint density at radius 2 is 1.47 bits per heavy atom. The van der Waals surface area contributed by atoms with Crippen LogP contribution in [0.5, 0.6) is 11.5 Å². The first-order chi connectivity index (χ1) is 9.31. The molecule has 2 rings (SSSR count). The van der Waals surface area contributed by atoms with Crippen molar-refractivity contribution in [2.75, 3.05) is 7.11 Å². The quantitative estimate of drug-likeness (QED) is 0.820. The van der Waals surface area contributed by atoms with Gasteiger partial charge >= 0.3 is 0 Å². The molecule has 0 amide bonds. The molecule has 3 heteroatoms. The molecule has 0 radical (unpaired) electrons. The predicted octanol–water partition coefficient (Wildman–Crippen LogP) is 3.34. The highest BCUT2D eigenvalue weighted by Gasteiger charge is 1.98. The molecule has 0 aliphatic heterocycles. The standard InChI is InChI=1S/C16H15NO2/c1-18-15-6-4-14(5-7-15)12-19-16-8-2-13(3-9-16)10-11-17/h2-9H,10,12H2,1H3. The molecule has 0 saturated heterocycles. The van der Waals surface area contributed by atoms with Gasteiger partial charge in [0, 0.05) is 0 Å². The minimum atomic E-state index is 0.429. The molecule has 0 atom stereocenters. The molecule has 0 aliphatic rings. The number of methoxy groups -OCH3 is 1. The summed E-state index contributed by atoms with van der Waals surface area (Å²) in [6.45, 7) is 0.515. The maximum atomic E-state index is 8.59. The number of hydrogen-bond donors (Lipinski definition) is 0. The van der Waals surface area contributed by atoms with Gasteiger partial charge in [0.1, 0.15) is 18.1 Å². The third kappa shape index (κ3) is 3.75. The molecular formula is C16H15NO2. The zero-order valence-electron chi connectivity index (χ0n) is 10.8. The van der Waals surface area contributed by atoms with Gasteiger partial charge in [0.2, 0.25) is 0 Å². The number of benzene rings is 2. The maximum Gasteiger partial charge on any atom is 0.119 e. The Balaban J connectivity index is 1.92. The van der Waals surface area contributed by atoms with E-state index in [1.807, 2.05) is 48.5 Å². The van der Waals surface area contributed by atoms with Crippen molar-refractivity contribution in [3.05, 3.63) is 59.7 Å². The maximum absolute atomic E-state index is 8.59. The van der Waals surface area contributed by atoms with Crippen molar-refractivity contribution in [1.29, 1.82) is 5.26 Å². The van der Waals surface area contributed by atoms with Gasteiger partial charge in [-0.15, -0.1) is 0 Å². The zero-order chi connectivity index (χ0) is 13.5. The van der Waals surface area contributed by atoms with Crippen molar-refractivity contribution in [3.8, 4) is 17.6 Å². The minimum Gasteiger partial charge on any atom is -0.497 e. The number of nitrogens with zero attached hydrogens (tertiary/aromatic N) is 1. The molecule has 2 aromatic carbocycles. The van der Waals surface area contributed by atoms with Crippen LogP contribution in [0.2, 0.25) is 0 Å². The molecule has 0 N–H and O–H groups in total. The van der Waals surface area contributed by atoms with Crippen LogP contribution in [0.4, 0.5) is 0 Å². The highest BCUT2D eigenvalue weighted by Crippen LogP contribution is 2.16. The molecule has 0 heterocycles. The van der Waals surface area contributed by atoms with E-state index < -0.39 is 0 Å². The van der Waals surface area contributed by atoms with Gasteiger partial charge < -0.3 is 9.47 Å². The Kier molecular flexibility index (Phi) is 4.41. The molecule has 0 unspecified atom stereocenters. The Morgan fingerprint density at radius 1 is 0.895 bits per heavy atom. The van der Waals surface area contributed by atoms with E-state index in [0.717, 1.165) is 22.6 Å². The smallest absolute Gasteiger partial charge is 0.119 e. The largest absolute Gasteiger partial charge is 0.497 e. The Labute approximate surface area is 113 Å². The number of nitriles is 1. The molecule has 0 bridgehead atoms. The summed E-state index contributed by atoms with van der Waals surface area (Å²) in [6, 6.07) is 17.5. The molecule has 0 fully saturated rings. The Morgan fingerprint density at radius 3 is 2.05 bits per heavy atom. The van der Waals surface area contributed by atoms with Crippen LogP contribution >= 0.6 is 0 Å². The highest BCUT2D eigenvalue weighted by atomic mass is 16.5. The lowest BCUT2D eigenvalue weighted by molar-refractivity contribution is 0.306.